The molecular formula is C25H32N2O3. The molecule has 3 rings (SSSR count). The number of hydrogen-bond donors (Lipinski definition) is 1. The number of amides is 2. The summed E-state index contributed by atoms with van der Waals surface area (Å²) in [5.74, 6) is 0.571. The third kappa shape index (κ3) is 4.84. The number of hydrogen-bond acceptors (Lipinski definition) is 3. The second-order valence-electron chi connectivity index (χ2n) is 8.53. The van der Waals surface area contributed by atoms with Crippen molar-refractivity contribution in [1.29, 1.82) is 0 Å². The molecule has 0 aliphatic carbocycles. The molecule has 5 heteroatoms. The molecule has 0 spiro atoms. The zero-order valence-electron chi connectivity index (χ0n) is 18.5. The third-order valence-electron chi connectivity index (χ3n) is 5.35. The third-order valence-corrected chi connectivity index (χ3v) is 5.35. The van der Waals surface area contributed by atoms with Gasteiger partial charge in [-0.3, -0.25) is 9.59 Å². The van der Waals surface area contributed by atoms with Gasteiger partial charge in [-0.25, -0.2) is 0 Å². The molecule has 160 valence electrons. The predicted octanol–water partition coefficient (Wildman–Crippen LogP) is 4.11. The Kier molecular flexibility index (Phi) is 6.80. The van der Waals surface area contributed by atoms with Crippen LogP contribution in [-0.4, -0.2) is 35.4 Å². The molecule has 1 aliphatic heterocycles. The quantitative estimate of drug-likeness (QED) is 0.783. The number of carbonyl (C=O) groups is 2. The SMILES string of the molecule is CC(C)NC(=O)[C@H](C)Oc1ccc2c(c1)[C@H](c1ccccc1)N(C(=O)C(C)C)CC2. The number of rotatable bonds is 6. The van der Waals surface area contributed by atoms with E-state index in [2.05, 4.69) is 23.5 Å². The summed E-state index contributed by atoms with van der Waals surface area (Å²) >= 11 is 0. The summed E-state index contributed by atoms with van der Waals surface area (Å²) < 4.78 is 5.95. The lowest BCUT2D eigenvalue weighted by atomic mass is 9.87. The first-order valence-corrected chi connectivity index (χ1v) is 10.7. The minimum absolute atomic E-state index is 0.0603. The van der Waals surface area contributed by atoms with Crippen LogP contribution in [0, 0.1) is 5.92 Å². The van der Waals surface area contributed by atoms with Gasteiger partial charge >= 0.3 is 0 Å². The van der Waals surface area contributed by atoms with Crippen LogP contribution in [0.4, 0.5) is 0 Å². The van der Waals surface area contributed by atoms with Crippen molar-refractivity contribution in [2.24, 2.45) is 5.92 Å². The summed E-state index contributed by atoms with van der Waals surface area (Å²) in [5.41, 5.74) is 3.36. The molecular weight excluding hydrogens is 376 g/mol. The molecule has 1 aliphatic rings. The lowest BCUT2D eigenvalue weighted by Crippen LogP contribution is -2.42. The lowest BCUT2D eigenvalue weighted by molar-refractivity contribution is -0.136. The average Bonchev–Trinajstić information content (AvgIpc) is 2.72. The zero-order valence-corrected chi connectivity index (χ0v) is 18.5. The monoisotopic (exact) mass is 408 g/mol. The predicted molar refractivity (Wildman–Crippen MR) is 118 cm³/mol. The molecule has 2 aromatic rings. The van der Waals surface area contributed by atoms with Crippen LogP contribution in [-0.2, 0) is 16.0 Å². The Labute approximate surface area is 179 Å². The highest BCUT2D eigenvalue weighted by molar-refractivity contribution is 5.81. The summed E-state index contributed by atoms with van der Waals surface area (Å²) in [7, 11) is 0. The molecule has 1 heterocycles. The van der Waals surface area contributed by atoms with Crippen molar-refractivity contribution in [1.82, 2.24) is 10.2 Å². The van der Waals surface area contributed by atoms with Crippen LogP contribution >= 0.6 is 0 Å². The molecule has 0 saturated carbocycles. The van der Waals surface area contributed by atoms with Crippen LogP contribution in [0.15, 0.2) is 48.5 Å². The molecule has 2 aromatic carbocycles. The first-order valence-electron chi connectivity index (χ1n) is 10.7. The van der Waals surface area contributed by atoms with Crippen LogP contribution in [0.5, 0.6) is 5.75 Å². The first-order chi connectivity index (χ1) is 14.3. The van der Waals surface area contributed by atoms with Crippen molar-refractivity contribution in [3.63, 3.8) is 0 Å². The zero-order chi connectivity index (χ0) is 21.8. The molecule has 5 nitrogen and oxygen atoms in total. The van der Waals surface area contributed by atoms with Crippen LogP contribution in [0.3, 0.4) is 0 Å². The van der Waals surface area contributed by atoms with E-state index in [1.807, 2.05) is 62.9 Å². The van der Waals surface area contributed by atoms with Gasteiger partial charge in [0.05, 0.1) is 6.04 Å². The molecule has 30 heavy (non-hydrogen) atoms. The molecule has 0 unspecified atom stereocenters. The highest BCUT2D eigenvalue weighted by Crippen LogP contribution is 2.38. The van der Waals surface area contributed by atoms with E-state index < -0.39 is 6.10 Å². The molecule has 0 fully saturated rings. The molecule has 0 saturated heterocycles. The van der Waals surface area contributed by atoms with E-state index in [-0.39, 0.29) is 29.8 Å². The maximum absolute atomic E-state index is 13.0. The molecule has 0 aromatic heterocycles. The number of benzene rings is 2. The normalized spacial score (nSPS) is 16.9. The Bertz CT molecular complexity index is 893. The Hall–Kier alpha value is -2.82. The molecule has 2 atom stereocenters. The molecule has 1 N–H and O–H groups in total. The number of carbonyl (C=O) groups excluding carboxylic acids is 2. The van der Waals surface area contributed by atoms with Gasteiger partial charge < -0.3 is 15.0 Å². The van der Waals surface area contributed by atoms with Gasteiger partial charge in [-0.15, -0.1) is 0 Å². The lowest BCUT2D eigenvalue weighted by Gasteiger charge is -2.39. The Morgan fingerprint density at radius 2 is 1.73 bits per heavy atom. The van der Waals surface area contributed by atoms with Crippen LogP contribution < -0.4 is 10.1 Å². The van der Waals surface area contributed by atoms with Gasteiger partial charge in [0.15, 0.2) is 6.10 Å². The van der Waals surface area contributed by atoms with Crippen molar-refractivity contribution in [2.45, 2.75) is 59.2 Å². The Balaban J connectivity index is 1.95. The van der Waals surface area contributed by atoms with Crippen LogP contribution in [0.1, 0.15) is 57.4 Å². The summed E-state index contributed by atoms with van der Waals surface area (Å²) in [6.45, 7) is 10.2. The van der Waals surface area contributed by atoms with Gasteiger partial charge in [0.2, 0.25) is 5.91 Å². The van der Waals surface area contributed by atoms with Crippen molar-refractivity contribution < 1.29 is 14.3 Å². The van der Waals surface area contributed by atoms with E-state index in [9.17, 15) is 9.59 Å². The fourth-order valence-corrected chi connectivity index (χ4v) is 3.89. The van der Waals surface area contributed by atoms with Gasteiger partial charge in [0, 0.05) is 18.5 Å². The van der Waals surface area contributed by atoms with Gasteiger partial charge in [-0.05, 0) is 56.0 Å². The number of nitrogens with zero attached hydrogens (tertiary/aromatic N) is 1. The minimum atomic E-state index is -0.599. The average molecular weight is 409 g/mol. The van der Waals surface area contributed by atoms with Crippen molar-refractivity contribution in [3.8, 4) is 5.75 Å². The standard InChI is InChI=1S/C25H32N2O3/c1-16(2)25(29)27-14-13-19-11-12-21(30-18(5)24(28)26-17(3)4)15-22(19)23(27)20-9-7-6-8-10-20/h6-12,15-18,23H,13-14H2,1-5H3,(H,26,28)/t18-,23-/m0/s1. The smallest absolute Gasteiger partial charge is 0.260 e. The molecule has 2 amide bonds. The Morgan fingerprint density at radius 3 is 2.37 bits per heavy atom. The topological polar surface area (TPSA) is 58.6 Å². The summed E-state index contributed by atoms with van der Waals surface area (Å²) in [4.78, 5) is 27.2. The maximum Gasteiger partial charge on any atom is 0.260 e. The minimum Gasteiger partial charge on any atom is -0.481 e. The van der Waals surface area contributed by atoms with E-state index in [1.54, 1.807) is 6.92 Å². The fraction of sp³-hybridized carbons (Fsp3) is 0.440. The largest absolute Gasteiger partial charge is 0.481 e. The van der Waals surface area contributed by atoms with E-state index in [4.69, 9.17) is 4.74 Å². The molecule has 0 bridgehead atoms. The maximum atomic E-state index is 13.0. The summed E-state index contributed by atoms with van der Waals surface area (Å²) in [6.07, 6.45) is 0.207. The summed E-state index contributed by atoms with van der Waals surface area (Å²) in [5, 5.41) is 2.88. The van der Waals surface area contributed by atoms with Crippen LogP contribution in [0.2, 0.25) is 0 Å². The number of nitrogens with one attached hydrogen (secondary N) is 1. The van der Waals surface area contributed by atoms with E-state index in [0.29, 0.717) is 12.3 Å². The fourth-order valence-electron chi connectivity index (χ4n) is 3.89. The highest BCUT2D eigenvalue weighted by Gasteiger charge is 2.33. The van der Waals surface area contributed by atoms with Crippen molar-refractivity contribution in [3.05, 3.63) is 65.2 Å². The second kappa shape index (κ2) is 9.33. The molecule has 0 radical (unpaired) electrons. The van der Waals surface area contributed by atoms with Gasteiger partial charge in [-0.1, -0.05) is 50.2 Å². The summed E-state index contributed by atoms with van der Waals surface area (Å²) in [6, 6.07) is 16.0. The van der Waals surface area contributed by atoms with Crippen molar-refractivity contribution in [2.75, 3.05) is 6.54 Å². The number of ether oxygens (including phenoxy) is 1. The van der Waals surface area contributed by atoms with Gasteiger partial charge in [-0.2, -0.15) is 0 Å². The van der Waals surface area contributed by atoms with Gasteiger partial charge in [0.1, 0.15) is 5.75 Å². The van der Waals surface area contributed by atoms with Crippen LogP contribution in [0.25, 0.3) is 0 Å². The van der Waals surface area contributed by atoms with Crippen molar-refractivity contribution >= 4 is 11.8 Å². The second-order valence-corrected chi connectivity index (χ2v) is 8.53. The number of fused-ring (bicyclic) bond motifs is 1. The van der Waals surface area contributed by atoms with Gasteiger partial charge in [0.25, 0.3) is 5.91 Å². The Morgan fingerprint density at radius 1 is 1.03 bits per heavy atom. The van der Waals surface area contributed by atoms with E-state index >= 15 is 0 Å². The van der Waals surface area contributed by atoms with E-state index in [1.165, 1.54) is 5.56 Å². The highest BCUT2D eigenvalue weighted by atomic mass is 16.5. The first kappa shape index (κ1) is 21.9. The van der Waals surface area contributed by atoms with E-state index in [0.717, 1.165) is 17.5 Å².